The number of hydrogen-bond acceptors (Lipinski definition) is 4. The van der Waals surface area contributed by atoms with Crippen LogP contribution in [0.4, 0.5) is 5.69 Å². The molecule has 0 radical (unpaired) electrons. The van der Waals surface area contributed by atoms with E-state index in [1.165, 1.54) is 0 Å². The Bertz CT molecular complexity index is 825. The summed E-state index contributed by atoms with van der Waals surface area (Å²) in [7, 11) is 1.62. The molecule has 1 saturated heterocycles. The highest BCUT2D eigenvalue weighted by molar-refractivity contribution is 5.92. The van der Waals surface area contributed by atoms with Crippen LogP contribution in [0, 0.1) is 5.92 Å². The average molecular weight is 396 g/mol. The summed E-state index contributed by atoms with van der Waals surface area (Å²) in [4.78, 5) is 27.4. The summed E-state index contributed by atoms with van der Waals surface area (Å²) in [5.41, 5.74) is 1.74. The van der Waals surface area contributed by atoms with Crippen molar-refractivity contribution in [3.63, 3.8) is 0 Å². The highest BCUT2D eigenvalue weighted by Gasteiger charge is 2.30. The topological polar surface area (TPSA) is 70.7 Å². The van der Waals surface area contributed by atoms with Crippen molar-refractivity contribution in [2.45, 2.75) is 32.4 Å². The maximum Gasteiger partial charge on any atom is 0.237 e. The maximum atomic E-state index is 12.7. The lowest BCUT2D eigenvalue weighted by atomic mass is 9.95. The second-order valence-corrected chi connectivity index (χ2v) is 7.39. The largest absolute Gasteiger partial charge is 0.496 e. The van der Waals surface area contributed by atoms with Gasteiger partial charge in [-0.2, -0.15) is 0 Å². The molecule has 6 heteroatoms. The first-order chi connectivity index (χ1) is 14.1. The van der Waals surface area contributed by atoms with E-state index in [0.717, 1.165) is 36.4 Å². The van der Waals surface area contributed by atoms with Crippen LogP contribution < -0.4 is 15.4 Å². The van der Waals surface area contributed by atoms with Gasteiger partial charge in [0.05, 0.1) is 19.1 Å². The fourth-order valence-electron chi connectivity index (χ4n) is 3.68. The second-order valence-electron chi connectivity index (χ2n) is 7.39. The van der Waals surface area contributed by atoms with Gasteiger partial charge in [0, 0.05) is 24.3 Å². The molecule has 2 atom stereocenters. The van der Waals surface area contributed by atoms with Crippen LogP contribution >= 0.6 is 0 Å². The lowest BCUT2D eigenvalue weighted by Gasteiger charge is -2.35. The van der Waals surface area contributed by atoms with Crippen LogP contribution in [0.5, 0.6) is 5.75 Å². The molecule has 0 saturated carbocycles. The SMILES string of the molecule is COc1ccccc1CNC(=O)C(C)N1CCCC(C(=O)Nc2ccccc2)C1. The molecular formula is C23H29N3O3. The van der Waals surface area contributed by atoms with Crippen LogP contribution in [0.15, 0.2) is 54.6 Å². The first-order valence-electron chi connectivity index (χ1n) is 10.1. The molecule has 0 aromatic heterocycles. The number of ether oxygens (including phenoxy) is 1. The molecule has 154 valence electrons. The number of piperidine rings is 1. The van der Waals surface area contributed by atoms with Crippen LogP contribution in [0.2, 0.25) is 0 Å². The zero-order valence-corrected chi connectivity index (χ0v) is 17.1. The van der Waals surface area contributed by atoms with E-state index in [1.807, 2.05) is 61.5 Å². The Morgan fingerprint density at radius 1 is 1.14 bits per heavy atom. The molecule has 0 spiro atoms. The number of likely N-dealkylation sites (tertiary alicyclic amines) is 1. The van der Waals surface area contributed by atoms with Gasteiger partial charge in [0.2, 0.25) is 11.8 Å². The molecule has 0 aliphatic carbocycles. The zero-order valence-electron chi connectivity index (χ0n) is 17.1. The van der Waals surface area contributed by atoms with Gasteiger partial charge in [-0.1, -0.05) is 36.4 Å². The van der Waals surface area contributed by atoms with Crippen molar-refractivity contribution < 1.29 is 14.3 Å². The summed E-state index contributed by atoms with van der Waals surface area (Å²) in [5.74, 6) is 0.618. The molecule has 2 unspecified atom stereocenters. The van der Waals surface area contributed by atoms with Crippen LogP contribution in [-0.4, -0.2) is 43.0 Å². The van der Waals surface area contributed by atoms with Crippen molar-refractivity contribution in [3.8, 4) is 5.75 Å². The standard InChI is InChI=1S/C23H29N3O3/c1-17(22(27)24-15-18-9-6-7-13-21(18)29-2)26-14-8-10-19(16-26)23(28)25-20-11-4-3-5-12-20/h3-7,9,11-13,17,19H,8,10,14-16H2,1-2H3,(H,24,27)(H,25,28). The summed E-state index contributed by atoms with van der Waals surface area (Å²) in [5, 5.41) is 5.97. The molecule has 1 heterocycles. The fraction of sp³-hybridized carbons (Fsp3) is 0.391. The van der Waals surface area contributed by atoms with Gasteiger partial charge in [0.25, 0.3) is 0 Å². The monoisotopic (exact) mass is 395 g/mol. The Hall–Kier alpha value is -2.86. The quantitative estimate of drug-likeness (QED) is 0.756. The van der Waals surface area contributed by atoms with Crippen molar-refractivity contribution in [1.29, 1.82) is 0 Å². The third kappa shape index (κ3) is 5.57. The highest BCUT2D eigenvalue weighted by atomic mass is 16.5. The molecule has 6 nitrogen and oxygen atoms in total. The summed E-state index contributed by atoms with van der Waals surface area (Å²) in [6, 6.07) is 16.8. The number of hydrogen-bond donors (Lipinski definition) is 2. The number of carbonyl (C=O) groups is 2. The molecule has 0 bridgehead atoms. The molecule has 3 rings (SSSR count). The van der Waals surface area contributed by atoms with Gasteiger partial charge in [0.1, 0.15) is 5.75 Å². The third-order valence-corrected chi connectivity index (χ3v) is 5.44. The Morgan fingerprint density at radius 3 is 2.62 bits per heavy atom. The van der Waals surface area contributed by atoms with Crippen LogP contribution in [0.3, 0.4) is 0 Å². The Morgan fingerprint density at radius 2 is 1.86 bits per heavy atom. The Balaban J connectivity index is 1.53. The van der Waals surface area contributed by atoms with Crippen molar-refractivity contribution >= 4 is 17.5 Å². The summed E-state index contributed by atoms with van der Waals surface area (Å²) in [6.45, 7) is 3.72. The van der Waals surface area contributed by atoms with Gasteiger partial charge in [-0.3, -0.25) is 14.5 Å². The minimum atomic E-state index is -0.294. The highest BCUT2D eigenvalue weighted by Crippen LogP contribution is 2.21. The van der Waals surface area contributed by atoms with Gasteiger partial charge in [-0.25, -0.2) is 0 Å². The van der Waals surface area contributed by atoms with Crippen LogP contribution in [0.1, 0.15) is 25.3 Å². The minimum absolute atomic E-state index is 0.0162. The average Bonchev–Trinajstić information content (AvgIpc) is 2.77. The number of carbonyl (C=O) groups excluding carboxylic acids is 2. The first-order valence-corrected chi connectivity index (χ1v) is 10.1. The van der Waals surface area contributed by atoms with Gasteiger partial charge in [-0.05, 0) is 44.5 Å². The van der Waals surface area contributed by atoms with Crippen molar-refractivity contribution in [3.05, 3.63) is 60.2 Å². The van der Waals surface area contributed by atoms with Crippen molar-refractivity contribution in [2.75, 3.05) is 25.5 Å². The van der Waals surface area contributed by atoms with Crippen molar-refractivity contribution in [2.24, 2.45) is 5.92 Å². The first kappa shape index (κ1) is 20.9. The van der Waals surface area contributed by atoms with Gasteiger partial charge in [-0.15, -0.1) is 0 Å². The zero-order chi connectivity index (χ0) is 20.6. The predicted octanol–water partition coefficient (Wildman–Crippen LogP) is 3.05. The number of anilines is 1. The Labute approximate surface area is 172 Å². The predicted molar refractivity (Wildman–Crippen MR) is 114 cm³/mol. The van der Waals surface area contributed by atoms with E-state index in [0.29, 0.717) is 13.1 Å². The van der Waals surface area contributed by atoms with E-state index >= 15 is 0 Å². The van der Waals surface area contributed by atoms with E-state index in [1.54, 1.807) is 7.11 Å². The molecule has 2 N–H and O–H groups in total. The van der Waals surface area contributed by atoms with Gasteiger partial charge >= 0.3 is 0 Å². The van der Waals surface area contributed by atoms with Gasteiger partial charge < -0.3 is 15.4 Å². The molecule has 2 aromatic rings. The molecule has 29 heavy (non-hydrogen) atoms. The molecular weight excluding hydrogens is 366 g/mol. The lowest BCUT2D eigenvalue weighted by Crippen LogP contribution is -2.50. The number of methoxy groups -OCH3 is 1. The molecule has 1 aliphatic heterocycles. The van der Waals surface area contributed by atoms with Crippen molar-refractivity contribution in [1.82, 2.24) is 10.2 Å². The van der Waals surface area contributed by atoms with E-state index < -0.39 is 0 Å². The molecule has 1 aliphatic rings. The number of rotatable bonds is 7. The second kappa shape index (κ2) is 10.1. The van der Waals surface area contributed by atoms with E-state index in [2.05, 4.69) is 15.5 Å². The van der Waals surface area contributed by atoms with E-state index in [4.69, 9.17) is 4.74 Å². The third-order valence-electron chi connectivity index (χ3n) is 5.44. The molecule has 1 fully saturated rings. The minimum Gasteiger partial charge on any atom is -0.496 e. The number of benzene rings is 2. The number of nitrogens with zero attached hydrogens (tertiary/aromatic N) is 1. The fourth-order valence-corrected chi connectivity index (χ4v) is 3.68. The summed E-state index contributed by atoms with van der Waals surface area (Å²) in [6.07, 6.45) is 1.74. The normalized spacial score (nSPS) is 17.9. The lowest BCUT2D eigenvalue weighted by molar-refractivity contribution is -0.129. The number of amides is 2. The Kier molecular flexibility index (Phi) is 7.25. The molecule has 2 aromatic carbocycles. The smallest absolute Gasteiger partial charge is 0.237 e. The maximum absolute atomic E-state index is 12.7. The van der Waals surface area contributed by atoms with E-state index in [-0.39, 0.29) is 23.8 Å². The van der Waals surface area contributed by atoms with Gasteiger partial charge in [0.15, 0.2) is 0 Å². The number of nitrogens with one attached hydrogen (secondary N) is 2. The molecule has 2 amide bonds. The summed E-state index contributed by atoms with van der Waals surface area (Å²) < 4.78 is 5.34. The van der Waals surface area contributed by atoms with E-state index in [9.17, 15) is 9.59 Å². The van der Waals surface area contributed by atoms with Crippen LogP contribution in [0.25, 0.3) is 0 Å². The number of para-hydroxylation sites is 2. The van der Waals surface area contributed by atoms with Crippen LogP contribution in [-0.2, 0) is 16.1 Å². The summed E-state index contributed by atoms with van der Waals surface area (Å²) >= 11 is 0.